The molecule has 1 aromatic heterocycles. The molecule has 150 valence electrons. The van der Waals surface area contributed by atoms with E-state index in [1.54, 1.807) is 13.3 Å². The van der Waals surface area contributed by atoms with E-state index in [9.17, 15) is 0 Å². The first kappa shape index (κ1) is 23.4. The van der Waals surface area contributed by atoms with Gasteiger partial charge in [-0.3, -0.25) is 4.99 Å². The van der Waals surface area contributed by atoms with Gasteiger partial charge in [-0.25, -0.2) is 4.98 Å². The monoisotopic (exact) mass is 485 g/mol. The number of oxazole rings is 1. The van der Waals surface area contributed by atoms with Gasteiger partial charge in [0.2, 0.25) is 5.89 Å². The normalized spacial score (nSPS) is 12.6. The minimum Gasteiger partial charge on any atom is -0.444 e. The second kappa shape index (κ2) is 12.0. The highest BCUT2D eigenvalue weighted by Gasteiger charge is 2.08. The smallest absolute Gasteiger partial charge is 0.226 e. The number of nitrogens with zero attached hydrogens (tertiary/aromatic N) is 3. The zero-order chi connectivity index (χ0) is 18.9. The molecule has 2 N–H and O–H groups in total. The van der Waals surface area contributed by atoms with Crippen LogP contribution < -0.4 is 10.6 Å². The van der Waals surface area contributed by atoms with E-state index in [0.717, 1.165) is 36.7 Å². The summed E-state index contributed by atoms with van der Waals surface area (Å²) in [5.74, 6) is 1.40. The van der Waals surface area contributed by atoms with Crippen molar-refractivity contribution in [1.29, 1.82) is 0 Å². The quantitative estimate of drug-likeness (QED) is 0.340. The van der Waals surface area contributed by atoms with Crippen LogP contribution in [-0.4, -0.2) is 49.1 Å². The zero-order valence-corrected chi connectivity index (χ0v) is 19.3. The maximum Gasteiger partial charge on any atom is 0.226 e. The van der Waals surface area contributed by atoms with Crippen LogP contribution >= 0.6 is 24.0 Å². The molecule has 1 unspecified atom stereocenters. The van der Waals surface area contributed by atoms with Gasteiger partial charge in [0, 0.05) is 31.7 Å². The lowest BCUT2D eigenvalue weighted by molar-refractivity contribution is 0.255. The van der Waals surface area contributed by atoms with Crippen molar-refractivity contribution in [3.8, 4) is 11.5 Å². The molecule has 0 aliphatic rings. The molecular formula is C20H32IN5O. The predicted octanol–water partition coefficient (Wildman–Crippen LogP) is 3.66. The zero-order valence-electron chi connectivity index (χ0n) is 17.0. The fraction of sp³-hybridized carbons (Fsp3) is 0.500. The topological polar surface area (TPSA) is 65.7 Å². The number of halogens is 1. The van der Waals surface area contributed by atoms with E-state index < -0.39 is 0 Å². The standard InChI is InChI=1S/C20H31N5O.HI/c1-6-16(3)25(5)12-11-22-20(21-4)23-13-18-14-26-19(24-18)17-9-7-15(2)8-10-17;/h7-10,14,16H,6,11-13H2,1-5H3,(H2,21,22,23);1H. The van der Waals surface area contributed by atoms with Crippen LogP contribution in [0.4, 0.5) is 0 Å². The first-order chi connectivity index (χ1) is 12.5. The Kier molecular flexibility index (Phi) is 10.4. The molecule has 0 saturated carbocycles. The summed E-state index contributed by atoms with van der Waals surface area (Å²) in [5.41, 5.74) is 3.05. The number of hydrogen-bond donors (Lipinski definition) is 2. The van der Waals surface area contributed by atoms with Gasteiger partial charge in [0.1, 0.15) is 6.26 Å². The van der Waals surface area contributed by atoms with Crippen LogP contribution in [-0.2, 0) is 6.54 Å². The summed E-state index contributed by atoms with van der Waals surface area (Å²) < 4.78 is 5.59. The summed E-state index contributed by atoms with van der Waals surface area (Å²) in [6, 6.07) is 8.74. The highest BCUT2D eigenvalue weighted by molar-refractivity contribution is 14.0. The number of aromatic nitrogens is 1. The number of aliphatic imine (C=N–C) groups is 1. The van der Waals surface area contributed by atoms with Gasteiger partial charge in [-0.1, -0.05) is 24.6 Å². The second-order valence-corrected chi connectivity index (χ2v) is 6.60. The number of likely N-dealkylation sites (N-methyl/N-ethyl adjacent to an activating group) is 1. The van der Waals surface area contributed by atoms with Gasteiger partial charge >= 0.3 is 0 Å². The van der Waals surface area contributed by atoms with Crippen LogP contribution in [0.25, 0.3) is 11.5 Å². The summed E-state index contributed by atoms with van der Waals surface area (Å²) in [7, 11) is 3.92. The van der Waals surface area contributed by atoms with Crippen molar-refractivity contribution in [2.45, 2.75) is 39.8 Å². The van der Waals surface area contributed by atoms with Crippen LogP contribution in [0.3, 0.4) is 0 Å². The van der Waals surface area contributed by atoms with E-state index in [1.807, 2.05) is 12.1 Å². The molecule has 0 aliphatic heterocycles. The highest BCUT2D eigenvalue weighted by Crippen LogP contribution is 2.18. The maximum atomic E-state index is 5.59. The lowest BCUT2D eigenvalue weighted by Crippen LogP contribution is -2.42. The molecule has 1 heterocycles. The Morgan fingerprint density at radius 3 is 2.59 bits per heavy atom. The molecule has 2 rings (SSSR count). The van der Waals surface area contributed by atoms with E-state index >= 15 is 0 Å². The third kappa shape index (κ3) is 7.50. The molecule has 1 aromatic carbocycles. The number of aryl methyl sites for hydroxylation is 1. The van der Waals surface area contributed by atoms with Crippen molar-refractivity contribution in [1.82, 2.24) is 20.5 Å². The van der Waals surface area contributed by atoms with Crippen LogP contribution in [0.2, 0.25) is 0 Å². The number of guanidine groups is 1. The lowest BCUT2D eigenvalue weighted by atomic mass is 10.1. The Balaban J connectivity index is 0.00000364. The first-order valence-corrected chi connectivity index (χ1v) is 9.19. The number of hydrogen-bond acceptors (Lipinski definition) is 4. The minimum absolute atomic E-state index is 0. The maximum absolute atomic E-state index is 5.59. The van der Waals surface area contributed by atoms with Crippen LogP contribution in [0.1, 0.15) is 31.5 Å². The van der Waals surface area contributed by atoms with Crippen molar-refractivity contribution in [3.05, 3.63) is 41.8 Å². The molecule has 0 spiro atoms. The third-order valence-electron chi connectivity index (χ3n) is 4.61. The Hall–Kier alpha value is -1.61. The van der Waals surface area contributed by atoms with E-state index in [1.165, 1.54) is 5.56 Å². The Morgan fingerprint density at radius 2 is 1.96 bits per heavy atom. The molecule has 0 aliphatic carbocycles. The Labute approximate surface area is 179 Å². The summed E-state index contributed by atoms with van der Waals surface area (Å²) in [6.45, 7) is 8.89. The molecule has 27 heavy (non-hydrogen) atoms. The number of benzene rings is 1. The fourth-order valence-corrected chi connectivity index (χ4v) is 2.49. The molecular weight excluding hydrogens is 453 g/mol. The van der Waals surface area contributed by atoms with E-state index in [0.29, 0.717) is 18.5 Å². The molecule has 1 atom stereocenters. The lowest BCUT2D eigenvalue weighted by Gasteiger charge is -2.23. The third-order valence-corrected chi connectivity index (χ3v) is 4.61. The Morgan fingerprint density at radius 1 is 1.26 bits per heavy atom. The summed E-state index contributed by atoms with van der Waals surface area (Å²) in [6.07, 6.45) is 2.84. The predicted molar refractivity (Wildman–Crippen MR) is 123 cm³/mol. The van der Waals surface area contributed by atoms with Crippen molar-refractivity contribution in [2.75, 3.05) is 27.2 Å². The minimum atomic E-state index is 0. The molecule has 0 amide bonds. The SMILES string of the molecule is CCC(C)N(C)CCNC(=NC)NCc1coc(-c2ccc(C)cc2)n1.I. The molecule has 0 bridgehead atoms. The second-order valence-electron chi connectivity index (χ2n) is 6.60. The number of nitrogens with one attached hydrogen (secondary N) is 2. The molecule has 0 saturated heterocycles. The van der Waals surface area contributed by atoms with E-state index in [2.05, 4.69) is 65.5 Å². The van der Waals surface area contributed by atoms with Gasteiger partial charge in [0.15, 0.2) is 5.96 Å². The molecule has 6 nitrogen and oxygen atoms in total. The Bertz CT molecular complexity index is 699. The molecule has 7 heteroatoms. The largest absolute Gasteiger partial charge is 0.444 e. The van der Waals surface area contributed by atoms with Crippen molar-refractivity contribution >= 4 is 29.9 Å². The van der Waals surface area contributed by atoms with Gasteiger partial charge in [0.25, 0.3) is 0 Å². The van der Waals surface area contributed by atoms with E-state index in [4.69, 9.17) is 4.42 Å². The summed E-state index contributed by atoms with van der Waals surface area (Å²) >= 11 is 0. The van der Waals surface area contributed by atoms with Crippen LogP contribution in [0, 0.1) is 6.92 Å². The van der Waals surface area contributed by atoms with Gasteiger partial charge < -0.3 is 20.0 Å². The van der Waals surface area contributed by atoms with Gasteiger partial charge in [-0.2, -0.15) is 0 Å². The van der Waals surface area contributed by atoms with Crippen molar-refractivity contribution in [2.24, 2.45) is 4.99 Å². The summed E-state index contributed by atoms with van der Waals surface area (Å²) in [4.78, 5) is 11.1. The highest BCUT2D eigenvalue weighted by atomic mass is 127. The average Bonchev–Trinajstić information content (AvgIpc) is 3.13. The number of rotatable bonds is 8. The first-order valence-electron chi connectivity index (χ1n) is 9.19. The van der Waals surface area contributed by atoms with E-state index in [-0.39, 0.29) is 24.0 Å². The van der Waals surface area contributed by atoms with Gasteiger partial charge in [0.05, 0.1) is 12.2 Å². The average molecular weight is 485 g/mol. The van der Waals surface area contributed by atoms with Gasteiger partial charge in [-0.15, -0.1) is 24.0 Å². The van der Waals surface area contributed by atoms with Crippen LogP contribution in [0.15, 0.2) is 39.9 Å². The van der Waals surface area contributed by atoms with Crippen molar-refractivity contribution < 1.29 is 4.42 Å². The fourth-order valence-electron chi connectivity index (χ4n) is 2.49. The molecule has 0 radical (unpaired) electrons. The molecule has 0 fully saturated rings. The summed E-state index contributed by atoms with van der Waals surface area (Å²) in [5, 5.41) is 6.61. The molecule has 2 aromatic rings. The van der Waals surface area contributed by atoms with Gasteiger partial charge in [-0.05, 0) is 39.4 Å². The van der Waals surface area contributed by atoms with Crippen LogP contribution in [0.5, 0.6) is 0 Å². The van der Waals surface area contributed by atoms with Crippen molar-refractivity contribution in [3.63, 3.8) is 0 Å².